The SMILES string of the molecule is O=[N+]([O-])c1ccc(S(=O)(=O)Nc2cccc(Cl)c2Br)cc1. The number of sulfonamides is 1. The van der Waals surface area contributed by atoms with E-state index in [9.17, 15) is 18.5 Å². The van der Waals surface area contributed by atoms with Crippen LogP contribution < -0.4 is 4.72 Å². The maximum Gasteiger partial charge on any atom is 0.269 e. The quantitative estimate of drug-likeness (QED) is 0.634. The summed E-state index contributed by atoms with van der Waals surface area (Å²) in [4.78, 5) is 9.87. The minimum atomic E-state index is -3.86. The first kappa shape index (κ1) is 15.7. The third-order valence-electron chi connectivity index (χ3n) is 2.55. The molecule has 0 spiro atoms. The minimum Gasteiger partial charge on any atom is -0.278 e. The van der Waals surface area contributed by atoms with Crippen LogP contribution in [0.25, 0.3) is 0 Å². The molecule has 0 aliphatic carbocycles. The van der Waals surface area contributed by atoms with Crippen molar-refractivity contribution in [3.8, 4) is 0 Å². The summed E-state index contributed by atoms with van der Waals surface area (Å²) in [7, 11) is -3.86. The second-order valence-electron chi connectivity index (χ2n) is 3.96. The van der Waals surface area contributed by atoms with Crippen LogP contribution in [-0.2, 0) is 10.0 Å². The van der Waals surface area contributed by atoms with E-state index in [1.165, 1.54) is 12.1 Å². The lowest BCUT2D eigenvalue weighted by atomic mass is 10.3. The van der Waals surface area contributed by atoms with Crippen molar-refractivity contribution in [1.29, 1.82) is 0 Å². The first-order valence-electron chi connectivity index (χ1n) is 5.52. The van der Waals surface area contributed by atoms with Crippen molar-refractivity contribution in [2.45, 2.75) is 4.90 Å². The third kappa shape index (κ3) is 3.52. The molecule has 1 N–H and O–H groups in total. The zero-order valence-corrected chi connectivity index (χ0v) is 13.4. The van der Waals surface area contributed by atoms with Crippen LogP contribution >= 0.6 is 27.5 Å². The van der Waals surface area contributed by atoms with Crippen LogP contribution in [0.4, 0.5) is 11.4 Å². The van der Waals surface area contributed by atoms with Crippen LogP contribution in [0, 0.1) is 10.1 Å². The third-order valence-corrected chi connectivity index (χ3v) is 5.33. The van der Waals surface area contributed by atoms with Crippen LogP contribution in [0.15, 0.2) is 51.8 Å². The van der Waals surface area contributed by atoms with Crippen molar-refractivity contribution in [3.63, 3.8) is 0 Å². The molecule has 0 saturated heterocycles. The summed E-state index contributed by atoms with van der Waals surface area (Å²) in [5, 5.41) is 10.9. The molecule has 21 heavy (non-hydrogen) atoms. The van der Waals surface area contributed by atoms with E-state index in [-0.39, 0.29) is 16.3 Å². The standard InChI is InChI=1S/C12H8BrClN2O4S/c13-12-10(14)2-1-3-11(12)15-21(19,20)9-6-4-8(5-7-9)16(17)18/h1-7,15H. The Morgan fingerprint density at radius 1 is 1.14 bits per heavy atom. The molecular formula is C12H8BrClN2O4S. The van der Waals surface area contributed by atoms with Crippen molar-refractivity contribution in [2.75, 3.05) is 4.72 Å². The number of nitro groups is 1. The highest BCUT2D eigenvalue weighted by molar-refractivity contribution is 9.10. The molecule has 0 saturated carbocycles. The van der Waals surface area contributed by atoms with E-state index in [0.717, 1.165) is 12.1 Å². The summed E-state index contributed by atoms with van der Waals surface area (Å²) in [6.45, 7) is 0. The van der Waals surface area contributed by atoms with Gasteiger partial charge in [0.25, 0.3) is 15.7 Å². The maximum atomic E-state index is 12.2. The number of nitro benzene ring substituents is 1. The number of nitrogens with one attached hydrogen (secondary N) is 1. The number of anilines is 1. The molecule has 9 heteroatoms. The molecule has 0 bridgehead atoms. The molecule has 0 fully saturated rings. The Hall–Kier alpha value is -1.64. The van der Waals surface area contributed by atoms with Crippen LogP contribution in [0.3, 0.4) is 0 Å². The molecule has 0 radical (unpaired) electrons. The smallest absolute Gasteiger partial charge is 0.269 e. The molecule has 6 nitrogen and oxygen atoms in total. The van der Waals surface area contributed by atoms with E-state index in [1.807, 2.05) is 0 Å². The highest BCUT2D eigenvalue weighted by Gasteiger charge is 2.17. The van der Waals surface area contributed by atoms with E-state index in [2.05, 4.69) is 20.7 Å². The normalized spacial score (nSPS) is 11.1. The van der Waals surface area contributed by atoms with Crippen molar-refractivity contribution < 1.29 is 13.3 Å². The molecule has 0 atom stereocenters. The zero-order chi connectivity index (χ0) is 15.6. The lowest BCUT2D eigenvalue weighted by Gasteiger charge is -2.10. The maximum absolute atomic E-state index is 12.2. The number of nitrogens with zero attached hydrogens (tertiary/aromatic N) is 1. The van der Waals surface area contributed by atoms with Crippen molar-refractivity contribution in [3.05, 3.63) is 62.1 Å². The van der Waals surface area contributed by atoms with Gasteiger partial charge in [-0.25, -0.2) is 8.42 Å². The zero-order valence-electron chi connectivity index (χ0n) is 10.3. The van der Waals surface area contributed by atoms with Gasteiger partial charge >= 0.3 is 0 Å². The van der Waals surface area contributed by atoms with E-state index in [4.69, 9.17) is 11.6 Å². The van der Waals surface area contributed by atoms with Crippen molar-refractivity contribution in [1.82, 2.24) is 0 Å². The fourth-order valence-electron chi connectivity index (χ4n) is 1.53. The van der Waals surface area contributed by atoms with Gasteiger partial charge in [0.2, 0.25) is 0 Å². The first-order valence-corrected chi connectivity index (χ1v) is 8.18. The summed E-state index contributed by atoms with van der Waals surface area (Å²) in [5.74, 6) is 0. The average Bonchev–Trinajstić information content (AvgIpc) is 2.44. The molecule has 0 amide bonds. The Balaban J connectivity index is 2.34. The second-order valence-corrected chi connectivity index (χ2v) is 6.84. The highest BCUT2D eigenvalue weighted by Crippen LogP contribution is 2.31. The fourth-order valence-corrected chi connectivity index (χ4v) is 3.27. The minimum absolute atomic E-state index is 0.0834. The summed E-state index contributed by atoms with van der Waals surface area (Å²) < 4.78 is 27.2. The molecule has 0 unspecified atom stereocenters. The summed E-state index contributed by atoms with van der Waals surface area (Å²) in [5.41, 5.74) is 0.0961. The summed E-state index contributed by atoms with van der Waals surface area (Å²) >= 11 is 9.08. The Morgan fingerprint density at radius 2 is 1.76 bits per heavy atom. The van der Waals surface area contributed by atoms with Gasteiger partial charge in [-0.1, -0.05) is 17.7 Å². The Bertz CT molecular complexity index is 793. The average molecular weight is 392 g/mol. The van der Waals surface area contributed by atoms with Gasteiger partial charge in [-0.2, -0.15) is 0 Å². The fraction of sp³-hybridized carbons (Fsp3) is 0. The van der Waals surface area contributed by atoms with Gasteiger partial charge < -0.3 is 0 Å². The van der Waals surface area contributed by atoms with E-state index < -0.39 is 14.9 Å². The largest absolute Gasteiger partial charge is 0.278 e. The van der Waals surface area contributed by atoms with E-state index >= 15 is 0 Å². The first-order chi connectivity index (χ1) is 9.81. The number of hydrogen-bond donors (Lipinski definition) is 1. The number of benzene rings is 2. The van der Waals surface area contributed by atoms with E-state index in [0.29, 0.717) is 9.50 Å². The molecule has 0 heterocycles. The van der Waals surface area contributed by atoms with Crippen molar-refractivity contribution in [2.24, 2.45) is 0 Å². The summed E-state index contributed by atoms with van der Waals surface area (Å²) in [6, 6.07) is 9.33. The monoisotopic (exact) mass is 390 g/mol. The van der Waals surface area contributed by atoms with Gasteiger partial charge in [0.05, 0.1) is 25.0 Å². The van der Waals surface area contributed by atoms with Crippen molar-refractivity contribution >= 4 is 48.9 Å². The molecule has 2 rings (SSSR count). The molecule has 2 aromatic rings. The van der Waals surface area contributed by atoms with Gasteiger partial charge in [-0.05, 0) is 40.2 Å². The van der Waals surface area contributed by atoms with Crippen LogP contribution in [-0.4, -0.2) is 13.3 Å². The van der Waals surface area contributed by atoms with Gasteiger partial charge in [0.1, 0.15) is 0 Å². The number of hydrogen-bond acceptors (Lipinski definition) is 4. The molecular weight excluding hydrogens is 384 g/mol. The molecule has 0 aromatic heterocycles. The van der Waals surface area contributed by atoms with E-state index in [1.54, 1.807) is 18.2 Å². The lowest BCUT2D eigenvalue weighted by Crippen LogP contribution is -2.13. The number of rotatable bonds is 4. The van der Waals surface area contributed by atoms with Gasteiger partial charge in [-0.3, -0.25) is 14.8 Å². The highest BCUT2D eigenvalue weighted by atomic mass is 79.9. The Kier molecular flexibility index (Phi) is 4.50. The predicted octanol–water partition coefficient (Wildman–Crippen LogP) is 3.81. The lowest BCUT2D eigenvalue weighted by molar-refractivity contribution is -0.384. The summed E-state index contributed by atoms with van der Waals surface area (Å²) in [6.07, 6.45) is 0. The molecule has 0 aliphatic heterocycles. The Labute approximate surface area is 134 Å². The second kappa shape index (κ2) is 6.00. The molecule has 0 aliphatic rings. The predicted molar refractivity (Wildman–Crippen MR) is 83.1 cm³/mol. The van der Waals surface area contributed by atoms with Gasteiger partial charge in [0.15, 0.2) is 0 Å². The van der Waals surface area contributed by atoms with Gasteiger partial charge in [-0.15, -0.1) is 0 Å². The molecule has 2 aromatic carbocycles. The van der Waals surface area contributed by atoms with Crippen LogP contribution in [0.5, 0.6) is 0 Å². The van der Waals surface area contributed by atoms with Crippen LogP contribution in [0.1, 0.15) is 0 Å². The number of halogens is 2. The number of non-ortho nitro benzene ring substituents is 1. The topological polar surface area (TPSA) is 89.3 Å². The van der Waals surface area contributed by atoms with Crippen LogP contribution in [0.2, 0.25) is 5.02 Å². The van der Waals surface area contributed by atoms with Gasteiger partial charge in [0, 0.05) is 12.1 Å². The Morgan fingerprint density at radius 3 is 2.33 bits per heavy atom. The molecule has 110 valence electrons.